The summed E-state index contributed by atoms with van der Waals surface area (Å²) in [6.45, 7) is 2.84. The van der Waals surface area contributed by atoms with E-state index in [-0.39, 0.29) is 30.0 Å². The molecule has 0 atom stereocenters. The number of amides is 1. The monoisotopic (exact) mass is 302 g/mol. The molecule has 2 N–H and O–H groups in total. The molecule has 1 saturated heterocycles. The van der Waals surface area contributed by atoms with Crippen molar-refractivity contribution >= 4 is 18.3 Å². The quantitative estimate of drug-likeness (QED) is 0.754. The average molecular weight is 303 g/mol. The average Bonchev–Trinajstić information content (AvgIpc) is 2.33. The van der Waals surface area contributed by atoms with Crippen LogP contribution in [0.5, 0.6) is 5.75 Å². The van der Waals surface area contributed by atoms with Crippen molar-refractivity contribution in [2.24, 2.45) is 5.92 Å². The maximum Gasteiger partial charge on any atom is 0.225 e. The number of nitrogens with one attached hydrogen (secondary N) is 2. The smallest absolute Gasteiger partial charge is 0.225 e. The maximum absolute atomic E-state index is 12.7. The zero-order chi connectivity index (χ0) is 13.5. The molecule has 1 aliphatic heterocycles. The predicted octanol–water partition coefficient (Wildman–Crippen LogP) is 1.74. The van der Waals surface area contributed by atoms with Gasteiger partial charge in [0, 0.05) is 19.6 Å². The molecular formula is C14H20ClFN2O2. The van der Waals surface area contributed by atoms with Crippen molar-refractivity contribution in [3.05, 3.63) is 30.1 Å². The summed E-state index contributed by atoms with van der Waals surface area (Å²) in [5.41, 5.74) is 0. The van der Waals surface area contributed by atoms with E-state index < -0.39 is 0 Å². The fourth-order valence-corrected chi connectivity index (χ4v) is 1.78. The number of carbonyl (C=O) groups is 1. The molecule has 1 aromatic rings. The van der Waals surface area contributed by atoms with Crippen LogP contribution in [-0.2, 0) is 4.79 Å². The van der Waals surface area contributed by atoms with Gasteiger partial charge in [0.25, 0.3) is 0 Å². The van der Waals surface area contributed by atoms with Gasteiger partial charge in [-0.15, -0.1) is 12.4 Å². The van der Waals surface area contributed by atoms with E-state index in [4.69, 9.17) is 4.74 Å². The number of unbranched alkanes of at least 4 members (excludes halogenated alkanes) is 1. The third-order valence-electron chi connectivity index (χ3n) is 3.10. The molecule has 1 fully saturated rings. The lowest BCUT2D eigenvalue weighted by Gasteiger charge is -2.25. The summed E-state index contributed by atoms with van der Waals surface area (Å²) >= 11 is 0. The molecule has 1 amide bonds. The molecule has 0 aromatic heterocycles. The van der Waals surface area contributed by atoms with Crippen molar-refractivity contribution in [1.29, 1.82) is 0 Å². The van der Waals surface area contributed by atoms with Gasteiger partial charge >= 0.3 is 0 Å². The van der Waals surface area contributed by atoms with E-state index in [1.165, 1.54) is 12.1 Å². The fourth-order valence-electron chi connectivity index (χ4n) is 1.78. The molecule has 6 heteroatoms. The number of ether oxygens (including phenoxy) is 1. The van der Waals surface area contributed by atoms with E-state index in [0.29, 0.717) is 18.9 Å². The van der Waals surface area contributed by atoms with Crippen LogP contribution in [0, 0.1) is 11.7 Å². The number of benzene rings is 1. The first kappa shape index (κ1) is 16.7. The Bertz CT molecular complexity index is 410. The molecule has 1 aromatic carbocycles. The van der Waals surface area contributed by atoms with Gasteiger partial charge in [0.1, 0.15) is 11.6 Å². The van der Waals surface area contributed by atoms with Gasteiger partial charge < -0.3 is 15.4 Å². The largest absolute Gasteiger partial charge is 0.494 e. The molecule has 20 heavy (non-hydrogen) atoms. The van der Waals surface area contributed by atoms with Gasteiger partial charge in [0.2, 0.25) is 5.91 Å². The van der Waals surface area contributed by atoms with Crippen molar-refractivity contribution in [3.8, 4) is 5.75 Å². The maximum atomic E-state index is 12.7. The standard InChI is InChI=1S/C14H19FN2O2.ClH/c15-12-3-5-13(6-4-12)19-8-2-1-7-17-14(18)11-9-16-10-11;/h3-6,11,16H,1-2,7-10H2,(H,17,18);1H. The van der Waals surface area contributed by atoms with E-state index in [9.17, 15) is 9.18 Å². The molecule has 0 radical (unpaired) electrons. The number of carbonyl (C=O) groups excluding carboxylic acids is 1. The Labute approximate surface area is 124 Å². The Balaban J connectivity index is 0.00000200. The minimum absolute atomic E-state index is 0. The highest BCUT2D eigenvalue weighted by Gasteiger charge is 2.23. The first-order valence-electron chi connectivity index (χ1n) is 6.62. The van der Waals surface area contributed by atoms with Crippen molar-refractivity contribution in [2.45, 2.75) is 12.8 Å². The first-order chi connectivity index (χ1) is 9.25. The van der Waals surface area contributed by atoms with Crippen molar-refractivity contribution in [1.82, 2.24) is 10.6 Å². The summed E-state index contributed by atoms with van der Waals surface area (Å²) in [7, 11) is 0. The number of hydrogen-bond donors (Lipinski definition) is 2. The van der Waals surface area contributed by atoms with Gasteiger partial charge in [0.05, 0.1) is 12.5 Å². The molecule has 112 valence electrons. The Morgan fingerprint density at radius 2 is 2.00 bits per heavy atom. The first-order valence-corrected chi connectivity index (χ1v) is 6.62. The van der Waals surface area contributed by atoms with Crippen LogP contribution in [0.2, 0.25) is 0 Å². The lowest BCUT2D eigenvalue weighted by Crippen LogP contribution is -2.50. The van der Waals surface area contributed by atoms with Gasteiger partial charge in [-0.3, -0.25) is 4.79 Å². The van der Waals surface area contributed by atoms with Gasteiger partial charge in [-0.25, -0.2) is 4.39 Å². The lowest BCUT2D eigenvalue weighted by atomic mass is 10.0. The van der Waals surface area contributed by atoms with Crippen LogP contribution in [0.4, 0.5) is 4.39 Å². The minimum Gasteiger partial charge on any atom is -0.494 e. The van der Waals surface area contributed by atoms with Crippen LogP contribution in [0.3, 0.4) is 0 Å². The normalized spacial score (nSPS) is 14.1. The minimum atomic E-state index is -0.263. The second-order valence-electron chi connectivity index (χ2n) is 4.66. The highest BCUT2D eigenvalue weighted by Crippen LogP contribution is 2.11. The molecule has 0 spiro atoms. The topological polar surface area (TPSA) is 50.4 Å². The third kappa shape index (κ3) is 5.35. The summed E-state index contributed by atoms with van der Waals surface area (Å²) in [4.78, 5) is 11.5. The van der Waals surface area contributed by atoms with E-state index in [2.05, 4.69) is 10.6 Å². The van der Waals surface area contributed by atoms with Gasteiger partial charge in [0.15, 0.2) is 0 Å². The Morgan fingerprint density at radius 1 is 1.30 bits per heavy atom. The van der Waals surface area contributed by atoms with E-state index in [1.54, 1.807) is 12.1 Å². The van der Waals surface area contributed by atoms with Crippen LogP contribution in [0.15, 0.2) is 24.3 Å². The van der Waals surface area contributed by atoms with E-state index >= 15 is 0 Å². The summed E-state index contributed by atoms with van der Waals surface area (Å²) in [5, 5.41) is 5.97. The molecule has 0 saturated carbocycles. The van der Waals surface area contributed by atoms with E-state index in [0.717, 1.165) is 25.9 Å². The van der Waals surface area contributed by atoms with E-state index in [1.807, 2.05) is 0 Å². The highest BCUT2D eigenvalue weighted by atomic mass is 35.5. The van der Waals surface area contributed by atoms with Gasteiger partial charge in [-0.1, -0.05) is 0 Å². The Kier molecular flexibility index (Phi) is 7.33. The zero-order valence-electron chi connectivity index (χ0n) is 11.2. The molecular weight excluding hydrogens is 283 g/mol. The second-order valence-corrected chi connectivity index (χ2v) is 4.66. The van der Waals surface area contributed by atoms with Crippen molar-refractivity contribution < 1.29 is 13.9 Å². The van der Waals surface area contributed by atoms with Gasteiger partial charge in [-0.05, 0) is 37.1 Å². The van der Waals surface area contributed by atoms with Crippen LogP contribution in [0.1, 0.15) is 12.8 Å². The summed E-state index contributed by atoms with van der Waals surface area (Å²) < 4.78 is 18.1. The van der Waals surface area contributed by atoms with Crippen LogP contribution in [-0.4, -0.2) is 32.1 Å². The lowest BCUT2D eigenvalue weighted by molar-refractivity contribution is -0.126. The Morgan fingerprint density at radius 3 is 2.60 bits per heavy atom. The summed E-state index contributed by atoms with van der Waals surface area (Å²) in [5.74, 6) is 0.695. The summed E-state index contributed by atoms with van der Waals surface area (Å²) in [6.07, 6.45) is 1.74. The molecule has 2 rings (SSSR count). The molecule has 1 heterocycles. The highest BCUT2D eigenvalue weighted by molar-refractivity contribution is 5.85. The summed E-state index contributed by atoms with van der Waals surface area (Å²) in [6, 6.07) is 5.98. The molecule has 0 unspecified atom stereocenters. The molecule has 0 aliphatic carbocycles. The predicted molar refractivity (Wildman–Crippen MR) is 77.7 cm³/mol. The van der Waals surface area contributed by atoms with Crippen LogP contribution >= 0.6 is 12.4 Å². The number of rotatable bonds is 7. The number of hydrogen-bond acceptors (Lipinski definition) is 3. The van der Waals surface area contributed by atoms with Crippen molar-refractivity contribution in [3.63, 3.8) is 0 Å². The van der Waals surface area contributed by atoms with Gasteiger partial charge in [-0.2, -0.15) is 0 Å². The fraction of sp³-hybridized carbons (Fsp3) is 0.500. The second kappa shape index (κ2) is 8.76. The molecule has 1 aliphatic rings. The number of halogens is 2. The Hall–Kier alpha value is -1.33. The van der Waals surface area contributed by atoms with Crippen LogP contribution in [0.25, 0.3) is 0 Å². The third-order valence-corrected chi connectivity index (χ3v) is 3.10. The molecule has 4 nitrogen and oxygen atoms in total. The van der Waals surface area contributed by atoms with Crippen molar-refractivity contribution in [2.75, 3.05) is 26.2 Å². The SMILES string of the molecule is Cl.O=C(NCCCCOc1ccc(F)cc1)C1CNC1. The zero-order valence-corrected chi connectivity index (χ0v) is 12.0. The van der Waals surface area contributed by atoms with Crippen LogP contribution < -0.4 is 15.4 Å². The molecule has 0 bridgehead atoms.